The number of aliphatic hydroxyl groups excluding tert-OH is 10. The van der Waals surface area contributed by atoms with E-state index in [-0.39, 0.29) is 19.8 Å². The standard InChI is InChI=1S/C13H30N2O10/c16-3-8(20)12(24)10(22)6(18)1-14-5-15-2-7(19)11(23)13(25)9(21)4-17/h6-25H,1-5H2. The minimum absolute atomic E-state index is 0.00482. The molecule has 0 radical (unpaired) electrons. The summed E-state index contributed by atoms with van der Waals surface area (Å²) >= 11 is 0. The fourth-order valence-corrected chi connectivity index (χ4v) is 1.90. The second-order valence-electron chi connectivity index (χ2n) is 5.68. The Morgan fingerprint density at radius 2 is 0.760 bits per heavy atom. The van der Waals surface area contributed by atoms with Crippen molar-refractivity contribution in [1.82, 2.24) is 10.6 Å². The third kappa shape index (κ3) is 8.63. The van der Waals surface area contributed by atoms with Crippen LogP contribution in [0.1, 0.15) is 0 Å². The van der Waals surface area contributed by atoms with Gasteiger partial charge in [-0.05, 0) is 0 Å². The smallest absolute Gasteiger partial charge is 0.111 e. The van der Waals surface area contributed by atoms with Crippen molar-refractivity contribution >= 4 is 0 Å². The van der Waals surface area contributed by atoms with Gasteiger partial charge in [-0.2, -0.15) is 0 Å². The van der Waals surface area contributed by atoms with Gasteiger partial charge in [-0.3, -0.25) is 0 Å². The molecule has 8 atom stereocenters. The molecule has 0 saturated heterocycles. The van der Waals surface area contributed by atoms with E-state index in [1.54, 1.807) is 0 Å². The first-order valence-electron chi connectivity index (χ1n) is 7.75. The van der Waals surface area contributed by atoms with Crippen LogP contribution in [0.25, 0.3) is 0 Å². The highest BCUT2D eigenvalue weighted by atomic mass is 16.4. The lowest BCUT2D eigenvalue weighted by atomic mass is 10.0. The average molecular weight is 374 g/mol. The van der Waals surface area contributed by atoms with Crippen molar-refractivity contribution < 1.29 is 51.1 Å². The minimum atomic E-state index is -1.73. The van der Waals surface area contributed by atoms with E-state index in [1.165, 1.54) is 0 Å². The molecule has 152 valence electrons. The topological polar surface area (TPSA) is 226 Å². The molecule has 8 unspecified atom stereocenters. The van der Waals surface area contributed by atoms with Crippen molar-refractivity contribution in [1.29, 1.82) is 0 Å². The lowest BCUT2D eigenvalue weighted by molar-refractivity contribution is -0.115. The van der Waals surface area contributed by atoms with E-state index in [9.17, 15) is 30.6 Å². The molecule has 0 aromatic carbocycles. The Kier molecular flexibility index (Phi) is 12.6. The van der Waals surface area contributed by atoms with E-state index in [2.05, 4.69) is 10.6 Å². The van der Waals surface area contributed by atoms with Gasteiger partial charge in [0.1, 0.15) is 36.6 Å². The Balaban J connectivity index is 4.01. The van der Waals surface area contributed by atoms with Crippen molar-refractivity contribution in [2.24, 2.45) is 0 Å². The summed E-state index contributed by atoms with van der Waals surface area (Å²) in [6.07, 6.45) is -12.9. The summed E-state index contributed by atoms with van der Waals surface area (Å²) < 4.78 is 0. The maximum Gasteiger partial charge on any atom is 0.111 e. The lowest BCUT2D eigenvalue weighted by Crippen LogP contribution is -2.51. The Morgan fingerprint density at radius 1 is 0.480 bits per heavy atom. The Labute approximate surface area is 144 Å². The molecule has 12 N–H and O–H groups in total. The highest BCUT2D eigenvalue weighted by Crippen LogP contribution is 2.05. The molecule has 0 aliphatic rings. The van der Waals surface area contributed by atoms with Crippen LogP contribution in [0, 0.1) is 0 Å². The summed E-state index contributed by atoms with van der Waals surface area (Å²) in [5.41, 5.74) is 0. The van der Waals surface area contributed by atoms with Gasteiger partial charge in [-0.15, -0.1) is 0 Å². The molecule has 0 aliphatic carbocycles. The quantitative estimate of drug-likeness (QED) is 0.101. The van der Waals surface area contributed by atoms with Crippen molar-refractivity contribution in [2.45, 2.75) is 48.8 Å². The van der Waals surface area contributed by atoms with Gasteiger partial charge in [0.2, 0.25) is 0 Å². The monoisotopic (exact) mass is 374 g/mol. The SMILES string of the molecule is OCC(O)C(O)C(O)C(O)CNCNCC(O)C(O)C(O)C(O)CO. The van der Waals surface area contributed by atoms with E-state index in [0.717, 1.165) is 0 Å². The number of rotatable bonds is 14. The lowest BCUT2D eigenvalue weighted by Gasteiger charge is -2.26. The predicted octanol–water partition coefficient (Wildman–Crippen LogP) is -7.01. The summed E-state index contributed by atoms with van der Waals surface area (Å²) in [4.78, 5) is 0. The molecule has 0 aromatic heterocycles. The fourth-order valence-electron chi connectivity index (χ4n) is 1.90. The van der Waals surface area contributed by atoms with Gasteiger partial charge >= 0.3 is 0 Å². The van der Waals surface area contributed by atoms with Gasteiger partial charge in [0.15, 0.2) is 0 Å². The van der Waals surface area contributed by atoms with Crippen LogP contribution >= 0.6 is 0 Å². The molecular formula is C13H30N2O10. The number of nitrogens with one attached hydrogen (secondary N) is 2. The molecule has 12 nitrogen and oxygen atoms in total. The van der Waals surface area contributed by atoms with E-state index < -0.39 is 62.0 Å². The van der Waals surface area contributed by atoms with Crippen molar-refractivity contribution in [3.8, 4) is 0 Å². The van der Waals surface area contributed by atoms with Crippen LogP contribution < -0.4 is 10.6 Å². The fraction of sp³-hybridized carbons (Fsp3) is 1.00. The van der Waals surface area contributed by atoms with Crippen LogP contribution in [0.5, 0.6) is 0 Å². The summed E-state index contributed by atoms with van der Waals surface area (Å²) in [7, 11) is 0. The first-order valence-corrected chi connectivity index (χ1v) is 7.75. The molecule has 0 rings (SSSR count). The van der Waals surface area contributed by atoms with Crippen molar-refractivity contribution in [3.05, 3.63) is 0 Å². The minimum Gasteiger partial charge on any atom is -0.394 e. The van der Waals surface area contributed by atoms with Gasteiger partial charge in [0.05, 0.1) is 25.4 Å². The van der Waals surface area contributed by atoms with Crippen LogP contribution in [-0.2, 0) is 0 Å². The van der Waals surface area contributed by atoms with Gasteiger partial charge in [0, 0.05) is 19.8 Å². The van der Waals surface area contributed by atoms with E-state index in [4.69, 9.17) is 20.4 Å². The van der Waals surface area contributed by atoms with Gasteiger partial charge in [-0.25, -0.2) is 0 Å². The van der Waals surface area contributed by atoms with E-state index >= 15 is 0 Å². The van der Waals surface area contributed by atoms with Crippen LogP contribution in [-0.4, -0.2) is 133 Å². The zero-order chi connectivity index (χ0) is 19.6. The summed E-state index contributed by atoms with van der Waals surface area (Å²) in [6, 6.07) is 0. The second kappa shape index (κ2) is 12.8. The number of hydrogen-bond donors (Lipinski definition) is 12. The average Bonchev–Trinajstić information content (AvgIpc) is 2.63. The first-order chi connectivity index (χ1) is 11.7. The summed E-state index contributed by atoms with van der Waals surface area (Å²) in [5, 5.41) is 98.1. The van der Waals surface area contributed by atoms with Gasteiger partial charge < -0.3 is 61.7 Å². The summed E-state index contributed by atoms with van der Waals surface area (Å²) in [6.45, 7) is -1.96. The molecule has 0 amide bonds. The molecule has 0 heterocycles. The molecule has 12 heteroatoms. The Morgan fingerprint density at radius 3 is 1.04 bits per heavy atom. The molecule has 0 bridgehead atoms. The molecular weight excluding hydrogens is 344 g/mol. The zero-order valence-electron chi connectivity index (χ0n) is 13.6. The first kappa shape index (κ1) is 24.5. The third-order valence-corrected chi connectivity index (χ3v) is 3.61. The van der Waals surface area contributed by atoms with Crippen LogP contribution in [0.15, 0.2) is 0 Å². The van der Waals surface area contributed by atoms with Crippen LogP contribution in [0.4, 0.5) is 0 Å². The molecule has 0 spiro atoms. The maximum absolute atomic E-state index is 9.62. The summed E-state index contributed by atoms with van der Waals surface area (Å²) in [5.74, 6) is 0. The largest absolute Gasteiger partial charge is 0.394 e. The molecule has 0 aliphatic heterocycles. The molecule has 0 aromatic rings. The van der Waals surface area contributed by atoms with Crippen molar-refractivity contribution in [2.75, 3.05) is 33.0 Å². The van der Waals surface area contributed by atoms with E-state index in [1.807, 2.05) is 0 Å². The van der Waals surface area contributed by atoms with Crippen molar-refractivity contribution in [3.63, 3.8) is 0 Å². The Bertz CT molecular complexity index is 310. The van der Waals surface area contributed by atoms with Gasteiger partial charge in [0.25, 0.3) is 0 Å². The van der Waals surface area contributed by atoms with Crippen LogP contribution in [0.2, 0.25) is 0 Å². The second-order valence-corrected chi connectivity index (χ2v) is 5.68. The molecule has 0 fully saturated rings. The maximum atomic E-state index is 9.62. The predicted molar refractivity (Wildman–Crippen MR) is 83.1 cm³/mol. The molecule has 0 saturated carbocycles. The Hall–Kier alpha value is -0.480. The third-order valence-electron chi connectivity index (χ3n) is 3.61. The highest BCUT2D eigenvalue weighted by molar-refractivity contribution is 4.83. The highest BCUT2D eigenvalue weighted by Gasteiger charge is 2.30. The number of hydrogen-bond acceptors (Lipinski definition) is 12. The van der Waals surface area contributed by atoms with E-state index in [0.29, 0.717) is 0 Å². The normalized spacial score (nSPS) is 21.8. The van der Waals surface area contributed by atoms with Gasteiger partial charge in [-0.1, -0.05) is 0 Å². The molecule has 25 heavy (non-hydrogen) atoms. The zero-order valence-corrected chi connectivity index (χ0v) is 13.6. The number of aliphatic hydroxyl groups is 10. The van der Waals surface area contributed by atoms with Crippen LogP contribution in [0.3, 0.4) is 0 Å².